The van der Waals surface area contributed by atoms with Crippen LogP contribution in [-0.4, -0.2) is 29.3 Å². The molecule has 0 saturated heterocycles. The lowest BCUT2D eigenvalue weighted by Gasteiger charge is -2.20. The minimum Gasteiger partial charge on any atom is -0.349 e. The largest absolute Gasteiger partial charge is 0.349 e. The van der Waals surface area contributed by atoms with Crippen LogP contribution in [0.3, 0.4) is 0 Å². The van der Waals surface area contributed by atoms with Crippen LogP contribution >= 0.6 is 0 Å². The second kappa shape index (κ2) is 6.48. The number of nitrogens with zero attached hydrogens (tertiary/aromatic N) is 3. The summed E-state index contributed by atoms with van der Waals surface area (Å²) in [5.74, 6) is -0.122. The van der Waals surface area contributed by atoms with Gasteiger partial charge < -0.3 is 5.32 Å². The molecule has 2 heterocycles. The van der Waals surface area contributed by atoms with Crippen LogP contribution < -0.4 is 10.0 Å². The van der Waals surface area contributed by atoms with E-state index in [1.807, 2.05) is 6.07 Å². The van der Waals surface area contributed by atoms with Crippen molar-refractivity contribution in [3.63, 3.8) is 0 Å². The van der Waals surface area contributed by atoms with Crippen LogP contribution in [0, 0.1) is 0 Å². The Hall–Kier alpha value is -2.26. The second-order valence-electron chi connectivity index (χ2n) is 6.78. The highest BCUT2D eigenvalue weighted by Crippen LogP contribution is 2.24. The van der Waals surface area contributed by atoms with E-state index in [0.29, 0.717) is 12.2 Å². The minimum atomic E-state index is -3.64. The zero-order valence-electron chi connectivity index (χ0n) is 14.5. The molecular weight excluding hydrogens is 354 g/mol. The Morgan fingerprint density at radius 2 is 2.04 bits per heavy atom. The van der Waals surface area contributed by atoms with Gasteiger partial charge in [0.1, 0.15) is 11.7 Å². The van der Waals surface area contributed by atoms with Crippen LogP contribution in [0.25, 0.3) is 0 Å². The maximum atomic E-state index is 12.7. The third kappa shape index (κ3) is 3.01. The summed E-state index contributed by atoms with van der Waals surface area (Å²) >= 11 is 0. The summed E-state index contributed by atoms with van der Waals surface area (Å²) in [5.41, 5.74) is 3.62. The zero-order chi connectivity index (χ0) is 18.3. The highest BCUT2D eigenvalue weighted by atomic mass is 32.2. The lowest BCUT2D eigenvalue weighted by atomic mass is 9.92. The molecule has 1 aliphatic heterocycles. The highest BCUT2D eigenvalue weighted by Gasteiger charge is 2.28. The molecule has 1 aliphatic carbocycles. The Labute approximate surface area is 152 Å². The highest BCUT2D eigenvalue weighted by molar-refractivity contribution is 7.89. The zero-order valence-corrected chi connectivity index (χ0v) is 15.3. The van der Waals surface area contributed by atoms with Crippen molar-refractivity contribution in [1.29, 1.82) is 0 Å². The van der Waals surface area contributed by atoms with Crippen molar-refractivity contribution in [2.24, 2.45) is 0 Å². The summed E-state index contributed by atoms with van der Waals surface area (Å²) in [5, 5.41) is 10.8. The number of aryl methyl sites for hydroxylation is 2. The maximum absolute atomic E-state index is 12.7. The lowest BCUT2D eigenvalue weighted by molar-refractivity contribution is -0.125. The molecule has 1 amide bonds. The van der Waals surface area contributed by atoms with Crippen molar-refractivity contribution >= 4 is 15.9 Å². The molecule has 8 nitrogen and oxygen atoms in total. The third-order valence-corrected chi connectivity index (χ3v) is 6.51. The fraction of sp³-hybridized carbons (Fsp3) is 0.471. The smallest absolute Gasteiger partial charge is 0.244 e. The number of aromatic nitrogens is 3. The van der Waals surface area contributed by atoms with Crippen LogP contribution in [0.15, 0.2) is 23.1 Å². The third-order valence-electron chi connectivity index (χ3n) is 5.11. The first-order chi connectivity index (χ1) is 12.5. The van der Waals surface area contributed by atoms with E-state index in [1.165, 1.54) is 5.56 Å². The Balaban J connectivity index is 1.53. The van der Waals surface area contributed by atoms with Crippen LogP contribution in [0.1, 0.15) is 48.3 Å². The summed E-state index contributed by atoms with van der Waals surface area (Å²) < 4.78 is 29.5. The molecule has 1 aromatic heterocycles. The molecule has 4 rings (SSSR count). The number of fused-ring (bicyclic) bond motifs is 2. The van der Waals surface area contributed by atoms with E-state index in [-0.39, 0.29) is 17.3 Å². The van der Waals surface area contributed by atoms with E-state index in [0.717, 1.165) is 36.9 Å². The van der Waals surface area contributed by atoms with Crippen molar-refractivity contribution in [3.8, 4) is 0 Å². The first kappa shape index (κ1) is 17.2. The van der Waals surface area contributed by atoms with Gasteiger partial charge in [0.05, 0.1) is 23.7 Å². The average molecular weight is 375 g/mol. The molecule has 1 unspecified atom stereocenters. The van der Waals surface area contributed by atoms with Crippen molar-refractivity contribution in [3.05, 3.63) is 40.7 Å². The van der Waals surface area contributed by atoms with Crippen LogP contribution in [0.5, 0.6) is 0 Å². The Kier molecular flexibility index (Phi) is 4.28. The fourth-order valence-corrected chi connectivity index (χ4v) is 4.57. The number of sulfonamides is 1. The molecule has 0 radical (unpaired) electrons. The van der Waals surface area contributed by atoms with Gasteiger partial charge in [-0.2, -0.15) is 0 Å². The summed E-state index contributed by atoms with van der Waals surface area (Å²) in [4.78, 5) is 12.0. The minimum absolute atomic E-state index is 0.0390. The molecule has 138 valence electrons. The first-order valence-corrected chi connectivity index (χ1v) is 10.3. The number of carbonyl (C=O) groups is 1. The van der Waals surface area contributed by atoms with E-state index in [4.69, 9.17) is 0 Å². The van der Waals surface area contributed by atoms with Crippen LogP contribution in [0.2, 0.25) is 0 Å². The molecule has 2 N–H and O–H groups in total. The number of nitrogens with one attached hydrogen (secondary N) is 2. The van der Waals surface area contributed by atoms with Gasteiger partial charge in [0.25, 0.3) is 0 Å². The van der Waals surface area contributed by atoms with Gasteiger partial charge in [-0.3, -0.25) is 4.79 Å². The molecule has 0 saturated carbocycles. The van der Waals surface area contributed by atoms with E-state index < -0.39 is 16.1 Å². The van der Waals surface area contributed by atoms with E-state index in [1.54, 1.807) is 23.7 Å². The van der Waals surface area contributed by atoms with E-state index >= 15 is 0 Å². The summed E-state index contributed by atoms with van der Waals surface area (Å²) in [6.45, 7) is 2.07. The van der Waals surface area contributed by atoms with Crippen molar-refractivity contribution in [2.75, 3.05) is 0 Å². The van der Waals surface area contributed by atoms with Crippen LogP contribution in [-0.2, 0) is 40.7 Å². The predicted octanol–water partition coefficient (Wildman–Crippen LogP) is 0.826. The Morgan fingerprint density at radius 3 is 2.85 bits per heavy atom. The molecule has 1 aromatic carbocycles. The molecule has 26 heavy (non-hydrogen) atoms. The van der Waals surface area contributed by atoms with Crippen LogP contribution in [0.4, 0.5) is 0 Å². The molecular formula is C17H21N5O3S. The molecule has 0 spiro atoms. The molecule has 2 aromatic rings. The first-order valence-electron chi connectivity index (χ1n) is 8.78. The Morgan fingerprint density at radius 1 is 1.27 bits per heavy atom. The number of hydrogen-bond acceptors (Lipinski definition) is 5. The number of hydrogen-bond donors (Lipinski definition) is 2. The van der Waals surface area contributed by atoms with Crippen molar-refractivity contribution < 1.29 is 13.2 Å². The maximum Gasteiger partial charge on any atom is 0.244 e. The quantitative estimate of drug-likeness (QED) is 0.823. The summed E-state index contributed by atoms with van der Waals surface area (Å²) in [7, 11) is -3.64. The van der Waals surface area contributed by atoms with E-state index in [9.17, 15) is 13.2 Å². The van der Waals surface area contributed by atoms with Gasteiger partial charge in [-0.1, -0.05) is 11.3 Å². The predicted molar refractivity (Wildman–Crippen MR) is 93.7 cm³/mol. The van der Waals surface area contributed by atoms with Gasteiger partial charge in [-0.05, 0) is 55.9 Å². The Bertz CT molecular complexity index is 967. The monoisotopic (exact) mass is 375 g/mol. The lowest BCUT2D eigenvalue weighted by Crippen LogP contribution is -2.38. The number of carbonyl (C=O) groups excluding carboxylic acids is 1. The normalized spacial score (nSPS) is 19.6. The SMILES string of the molecule is CC1C(=O)NCc2c(CNS(=O)(=O)c3ccc4c(c3)CCCC4)nnn21. The number of rotatable bonds is 4. The van der Waals surface area contributed by atoms with Gasteiger partial charge >= 0.3 is 0 Å². The number of benzene rings is 1. The molecule has 1 atom stereocenters. The second-order valence-corrected chi connectivity index (χ2v) is 8.55. The summed E-state index contributed by atoms with van der Waals surface area (Å²) in [6.07, 6.45) is 4.19. The number of amides is 1. The van der Waals surface area contributed by atoms with Gasteiger partial charge in [-0.15, -0.1) is 5.10 Å². The molecule has 0 bridgehead atoms. The fourth-order valence-electron chi connectivity index (χ4n) is 3.53. The van der Waals surface area contributed by atoms with E-state index in [2.05, 4.69) is 20.4 Å². The van der Waals surface area contributed by atoms with Crippen molar-refractivity contribution in [2.45, 2.75) is 56.6 Å². The molecule has 2 aliphatic rings. The van der Waals surface area contributed by atoms with Crippen molar-refractivity contribution in [1.82, 2.24) is 25.0 Å². The molecule has 0 fully saturated rings. The van der Waals surface area contributed by atoms with Gasteiger partial charge in [0.15, 0.2) is 0 Å². The van der Waals surface area contributed by atoms with Gasteiger partial charge in [0.2, 0.25) is 15.9 Å². The van der Waals surface area contributed by atoms with Gasteiger partial charge in [0, 0.05) is 0 Å². The summed E-state index contributed by atoms with van der Waals surface area (Å²) in [6, 6.07) is 4.91. The van der Waals surface area contributed by atoms with Gasteiger partial charge in [-0.25, -0.2) is 17.8 Å². The topological polar surface area (TPSA) is 106 Å². The average Bonchev–Trinajstić information content (AvgIpc) is 3.06. The standard InChI is InChI=1S/C17H21N5O3S/c1-11-17(23)18-10-16-15(20-21-22(11)16)9-19-26(24,25)14-7-6-12-4-2-3-5-13(12)8-14/h6-8,11,19H,2-5,9-10H2,1H3,(H,18,23). The molecule has 9 heteroatoms.